The maximum atomic E-state index is 13.3. The van der Waals surface area contributed by atoms with Gasteiger partial charge in [0.05, 0.1) is 24.8 Å². The zero-order chi connectivity index (χ0) is 23.9. The number of anilines is 1. The molecule has 0 spiro atoms. The van der Waals surface area contributed by atoms with Crippen LogP contribution in [0.1, 0.15) is 11.1 Å². The van der Waals surface area contributed by atoms with Gasteiger partial charge in [0.15, 0.2) is 11.5 Å². The zero-order valence-electron chi connectivity index (χ0n) is 19.1. The van der Waals surface area contributed by atoms with Crippen molar-refractivity contribution in [2.75, 3.05) is 32.2 Å². The van der Waals surface area contributed by atoms with Gasteiger partial charge in [-0.1, -0.05) is 60.3 Å². The minimum absolute atomic E-state index is 0.0472. The van der Waals surface area contributed by atoms with E-state index in [0.29, 0.717) is 29.4 Å². The summed E-state index contributed by atoms with van der Waals surface area (Å²) >= 11 is 1.43. The Kier molecular flexibility index (Phi) is 7.54. The first-order valence-electron chi connectivity index (χ1n) is 10.9. The van der Waals surface area contributed by atoms with E-state index in [1.165, 1.54) is 11.8 Å². The van der Waals surface area contributed by atoms with Crippen LogP contribution in [-0.4, -0.2) is 39.1 Å². The fraction of sp³-hybridized carbons (Fsp3) is 0.185. The molecule has 0 aromatic heterocycles. The van der Waals surface area contributed by atoms with E-state index in [2.05, 4.69) is 5.32 Å². The second-order valence-corrected chi connectivity index (χ2v) is 8.75. The molecule has 34 heavy (non-hydrogen) atoms. The summed E-state index contributed by atoms with van der Waals surface area (Å²) in [7, 11) is 3.19. The van der Waals surface area contributed by atoms with Gasteiger partial charge in [-0.15, -0.1) is 0 Å². The van der Waals surface area contributed by atoms with Crippen LogP contribution in [0.5, 0.6) is 11.5 Å². The van der Waals surface area contributed by atoms with Crippen LogP contribution in [0.2, 0.25) is 0 Å². The van der Waals surface area contributed by atoms with Crippen molar-refractivity contribution in [1.82, 2.24) is 5.32 Å². The van der Waals surface area contributed by atoms with Crippen LogP contribution in [0.3, 0.4) is 0 Å². The van der Waals surface area contributed by atoms with Crippen molar-refractivity contribution in [3.05, 3.63) is 88.8 Å². The molecule has 4 rings (SSSR count). The molecule has 3 aromatic rings. The number of thioether (sulfide) groups is 1. The number of benzene rings is 3. The van der Waals surface area contributed by atoms with E-state index in [-0.39, 0.29) is 18.4 Å². The van der Waals surface area contributed by atoms with Crippen LogP contribution in [0.25, 0.3) is 6.08 Å². The summed E-state index contributed by atoms with van der Waals surface area (Å²) in [5.74, 6) is 0.920. The summed E-state index contributed by atoms with van der Waals surface area (Å²) < 4.78 is 10.6. The molecule has 0 radical (unpaired) electrons. The Labute approximate surface area is 203 Å². The predicted octanol–water partition coefficient (Wildman–Crippen LogP) is 4.54. The highest BCUT2D eigenvalue weighted by atomic mass is 32.2. The molecule has 1 heterocycles. The van der Waals surface area contributed by atoms with Gasteiger partial charge in [0.25, 0.3) is 5.91 Å². The summed E-state index contributed by atoms with van der Waals surface area (Å²) in [6, 6.07) is 23.0. The average Bonchev–Trinajstić information content (AvgIpc) is 2.87. The highest BCUT2D eigenvalue weighted by Gasteiger charge is 2.30. The van der Waals surface area contributed by atoms with Gasteiger partial charge in [0.1, 0.15) is 6.54 Å². The fourth-order valence-electron chi connectivity index (χ4n) is 3.70. The molecule has 3 aromatic carbocycles. The quantitative estimate of drug-likeness (QED) is 0.486. The maximum absolute atomic E-state index is 13.3. The van der Waals surface area contributed by atoms with Gasteiger partial charge in [0.2, 0.25) is 5.91 Å². The smallest absolute Gasteiger partial charge is 0.265 e. The van der Waals surface area contributed by atoms with E-state index >= 15 is 0 Å². The Morgan fingerprint density at radius 1 is 0.971 bits per heavy atom. The Hall–Kier alpha value is -3.71. The van der Waals surface area contributed by atoms with Crippen LogP contribution in [0, 0.1) is 0 Å². The minimum atomic E-state index is -0.213. The third-order valence-corrected chi connectivity index (χ3v) is 6.49. The van der Waals surface area contributed by atoms with Crippen molar-refractivity contribution >= 4 is 35.3 Å². The number of para-hydroxylation sites is 1. The fourth-order valence-corrected chi connectivity index (χ4v) is 4.76. The van der Waals surface area contributed by atoms with E-state index in [9.17, 15) is 9.59 Å². The summed E-state index contributed by atoms with van der Waals surface area (Å²) in [5, 5.41) is 2.93. The number of amides is 2. The van der Waals surface area contributed by atoms with E-state index in [1.807, 2.05) is 78.9 Å². The van der Waals surface area contributed by atoms with Crippen molar-refractivity contribution in [2.24, 2.45) is 0 Å². The van der Waals surface area contributed by atoms with E-state index < -0.39 is 0 Å². The molecule has 0 aliphatic carbocycles. The lowest BCUT2D eigenvalue weighted by Crippen LogP contribution is -2.43. The molecule has 0 unspecified atom stereocenters. The number of rotatable bonds is 8. The monoisotopic (exact) mass is 474 g/mol. The predicted molar refractivity (Wildman–Crippen MR) is 135 cm³/mol. The number of ether oxygens (including phenoxy) is 2. The molecule has 0 fully saturated rings. The Balaban J connectivity index is 1.44. The number of hydrogen-bond donors (Lipinski definition) is 1. The summed E-state index contributed by atoms with van der Waals surface area (Å²) in [5.41, 5.74) is 2.71. The lowest BCUT2D eigenvalue weighted by atomic mass is 10.1. The van der Waals surface area contributed by atoms with E-state index in [0.717, 1.165) is 21.7 Å². The summed E-state index contributed by atoms with van der Waals surface area (Å²) in [6.45, 7) is 0.397. The van der Waals surface area contributed by atoms with Crippen molar-refractivity contribution < 1.29 is 19.1 Å². The number of carbonyl (C=O) groups excluding carboxylic acids is 2. The second kappa shape index (κ2) is 10.9. The van der Waals surface area contributed by atoms with Gasteiger partial charge in [-0.2, -0.15) is 0 Å². The minimum Gasteiger partial charge on any atom is -0.493 e. The van der Waals surface area contributed by atoms with Gasteiger partial charge in [-0.25, -0.2) is 0 Å². The molecule has 0 bridgehead atoms. The van der Waals surface area contributed by atoms with Crippen LogP contribution in [-0.2, 0) is 16.0 Å². The normalized spacial score (nSPS) is 14.0. The lowest BCUT2D eigenvalue weighted by molar-refractivity contribution is -0.122. The maximum Gasteiger partial charge on any atom is 0.265 e. The van der Waals surface area contributed by atoms with Gasteiger partial charge >= 0.3 is 0 Å². The van der Waals surface area contributed by atoms with Gasteiger partial charge in [0, 0.05) is 11.4 Å². The molecular formula is C27H26N2O4S. The number of carbonyl (C=O) groups is 2. The number of methoxy groups -OCH3 is 2. The highest BCUT2D eigenvalue weighted by molar-refractivity contribution is 8.04. The molecule has 6 nitrogen and oxygen atoms in total. The third kappa shape index (κ3) is 5.43. The first-order valence-corrected chi connectivity index (χ1v) is 11.7. The standard InChI is InChI=1S/C27H26N2O4S/c1-32-22-13-12-20(16-23(22)33-2)14-15-28-26(30)18-29-21-10-6-7-11-24(21)34-25(27(29)31)17-19-8-4-3-5-9-19/h3-13,16-17H,14-15,18H2,1-2H3,(H,28,30). The topological polar surface area (TPSA) is 67.9 Å². The van der Waals surface area contributed by atoms with Crippen LogP contribution in [0.15, 0.2) is 82.6 Å². The van der Waals surface area contributed by atoms with Crippen molar-refractivity contribution in [2.45, 2.75) is 11.3 Å². The first kappa shape index (κ1) is 23.4. The van der Waals surface area contributed by atoms with E-state index in [1.54, 1.807) is 19.1 Å². The van der Waals surface area contributed by atoms with Gasteiger partial charge < -0.3 is 14.8 Å². The molecule has 0 saturated carbocycles. The summed E-state index contributed by atoms with van der Waals surface area (Å²) in [6.07, 6.45) is 2.50. The molecular weight excluding hydrogens is 448 g/mol. The molecule has 1 N–H and O–H groups in total. The second-order valence-electron chi connectivity index (χ2n) is 7.67. The molecule has 0 atom stereocenters. The highest BCUT2D eigenvalue weighted by Crippen LogP contribution is 2.41. The Morgan fingerprint density at radius 3 is 2.47 bits per heavy atom. The van der Waals surface area contributed by atoms with Crippen LogP contribution < -0.4 is 19.7 Å². The molecule has 2 amide bonds. The zero-order valence-corrected chi connectivity index (χ0v) is 19.9. The number of hydrogen-bond acceptors (Lipinski definition) is 5. The first-order chi connectivity index (χ1) is 16.6. The third-order valence-electron chi connectivity index (χ3n) is 5.41. The molecule has 0 saturated heterocycles. The average molecular weight is 475 g/mol. The molecule has 1 aliphatic heterocycles. The van der Waals surface area contributed by atoms with E-state index in [4.69, 9.17) is 9.47 Å². The lowest BCUT2D eigenvalue weighted by Gasteiger charge is -2.29. The number of nitrogens with zero attached hydrogens (tertiary/aromatic N) is 1. The Morgan fingerprint density at radius 2 is 1.71 bits per heavy atom. The molecule has 1 aliphatic rings. The largest absolute Gasteiger partial charge is 0.493 e. The van der Waals surface area contributed by atoms with Crippen LogP contribution >= 0.6 is 11.8 Å². The number of nitrogens with one attached hydrogen (secondary N) is 1. The van der Waals surface area contributed by atoms with Crippen molar-refractivity contribution in [3.63, 3.8) is 0 Å². The van der Waals surface area contributed by atoms with Gasteiger partial charge in [-0.3, -0.25) is 14.5 Å². The van der Waals surface area contributed by atoms with Crippen LogP contribution in [0.4, 0.5) is 5.69 Å². The molecule has 7 heteroatoms. The Bertz CT molecular complexity index is 1210. The summed E-state index contributed by atoms with van der Waals surface area (Å²) in [4.78, 5) is 29.1. The number of fused-ring (bicyclic) bond motifs is 1. The molecule has 174 valence electrons. The van der Waals surface area contributed by atoms with Crippen molar-refractivity contribution in [3.8, 4) is 11.5 Å². The van der Waals surface area contributed by atoms with Crippen molar-refractivity contribution in [1.29, 1.82) is 0 Å². The van der Waals surface area contributed by atoms with Gasteiger partial charge in [-0.05, 0) is 47.9 Å². The SMILES string of the molecule is COc1ccc(CCNC(=O)CN2C(=O)C(=Cc3ccccc3)Sc3ccccc32)cc1OC.